The normalized spacial score (nSPS) is 13.0. The smallest absolute Gasteiger partial charge is 0.264 e. The van der Waals surface area contributed by atoms with E-state index in [9.17, 15) is 4.79 Å². The average Bonchev–Trinajstić information content (AvgIpc) is 3.64. The predicted molar refractivity (Wildman–Crippen MR) is 144 cm³/mol. The van der Waals surface area contributed by atoms with Crippen molar-refractivity contribution in [3.05, 3.63) is 69.4 Å². The van der Waals surface area contributed by atoms with E-state index in [1.54, 1.807) is 32.7 Å². The Morgan fingerprint density at radius 2 is 1.75 bits per heavy atom. The maximum Gasteiger partial charge on any atom is 0.264 e. The molecule has 0 N–H and O–H groups in total. The zero-order valence-electron chi connectivity index (χ0n) is 21.3. The lowest BCUT2D eigenvalue weighted by atomic mass is 9.98. The van der Waals surface area contributed by atoms with Crippen LogP contribution in [0, 0.1) is 13.8 Å². The van der Waals surface area contributed by atoms with E-state index in [0.29, 0.717) is 23.8 Å². The Balaban J connectivity index is 1.70. The molecule has 0 unspecified atom stereocenters. The molecule has 0 spiro atoms. The fraction of sp³-hybridized carbons (Fsp3) is 0.310. The van der Waals surface area contributed by atoms with Crippen molar-refractivity contribution in [1.82, 2.24) is 9.88 Å². The largest absolute Gasteiger partial charge is 0.493 e. The first kappa shape index (κ1) is 24.1. The van der Waals surface area contributed by atoms with Gasteiger partial charge in [0.25, 0.3) is 5.91 Å². The van der Waals surface area contributed by atoms with Gasteiger partial charge in [-0.1, -0.05) is 24.3 Å². The van der Waals surface area contributed by atoms with E-state index < -0.39 is 0 Å². The highest BCUT2D eigenvalue weighted by Gasteiger charge is 2.34. The highest BCUT2D eigenvalue weighted by molar-refractivity contribution is 7.13. The van der Waals surface area contributed by atoms with Crippen molar-refractivity contribution in [2.75, 3.05) is 21.3 Å². The Bertz CT molecular complexity index is 1440. The topological polar surface area (TPSA) is 60.9 Å². The highest BCUT2D eigenvalue weighted by Crippen LogP contribution is 2.44. The van der Waals surface area contributed by atoms with E-state index in [0.717, 1.165) is 55.9 Å². The van der Waals surface area contributed by atoms with Crippen LogP contribution in [0.4, 0.5) is 0 Å². The fourth-order valence-corrected chi connectivity index (χ4v) is 5.48. The van der Waals surface area contributed by atoms with Gasteiger partial charge in [-0.3, -0.25) is 4.79 Å². The van der Waals surface area contributed by atoms with Gasteiger partial charge in [0.1, 0.15) is 0 Å². The molecular formula is C29H30N2O4S. The van der Waals surface area contributed by atoms with Crippen LogP contribution < -0.4 is 14.2 Å². The molecule has 0 saturated heterocycles. The Morgan fingerprint density at radius 3 is 2.36 bits per heavy atom. The summed E-state index contributed by atoms with van der Waals surface area (Å²) in [6, 6.07) is 16.3. The van der Waals surface area contributed by atoms with Crippen LogP contribution >= 0.6 is 11.3 Å². The molecule has 0 atom stereocenters. The Kier molecular flexibility index (Phi) is 6.58. The van der Waals surface area contributed by atoms with Crippen LogP contribution in [0.3, 0.4) is 0 Å². The van der Waals surface area contributed by atoms with Crippen molar-refractivity contribution in [3.8, 4) is 28.5 Å². The number of fused-ring (bicyclic) bond motifs is 1. The number of rotatable bonds is 8. The number of amides is 1. The number of carbonyl (C=O) groups excluding carboxylic acids is 1. The van der Waals surface area contributed by atoms with Gasteiger partial charge in [0.15, 0.2) is 11.5 Å². The van der Waals surface area contributed by atoms with Gasteiger partial charge in [0.05, 0.1) is 37.4 Å². The molecule has 0 radical (unpaired) electrons. The minimum Gasteiger partial charge on any atom is -0.493 e. The van der Waals surface area contributed by atoms with Crippen LogP contribution in [0.15, 0.2) is 48.5 Å². The summed E-state index contributed by atoms with van der Waals surface area (Å²) in [5, 5.41) is 0.817. The molecule has 36 heavy (non-hydrogen) atoms. The number of aromatic nitrogens is 1. The first-order chi connectivity index (χ1) is 17.4. The van der Waals surface area contributed by atoms with Crippen LogP contribution in [0.25, 0.3) is 22.2 Å². The van der Waals surface area contributed by atoms with Gasteiger partial charge in [0.2, 0.25) is 5.75 Å². The van der Waals surface area contributed by atoms with Crippen molar-refractivity contribution < 1.29 is 19.0 Å². The van der Waals surface area contributed by atoms with Gasteiger partial charge in [-0.15, -0.1) is 11.3 Å². The number of pyridine rings is 1. The number of thiophene rings is 1. The number of hydrogen-bond donors (Lipinski definition) is 0. The van der Waals surface area contributed by atoms with Crippen molar-refractivity contribution in [1.29, 1.82) is 0 Å². The maximum atomic E-state index is 13.6. The number of aryl methyl sites for hydroxylation is 2. The second kappa shape index (κ2) is 9.82. The molecule has 1 fully saturated rings. The number of hydrogen-bond acceptors (Lipinski definition) is 6. The van der Waals surface area contributed by atoms with Crippen molar-refractivity contribution >= 4 is 28.1 Å². The number of benzene rings is 2. The standard InChI is InChI=1S/C29H30N2O4S/c1-17-8-6-7-9-21(17)26-19(16-31(20-11-12-20)29(32)25-13-10-18(2)36-25)14-22-23(30-26)15-24(33-3)28(35-5)27(22)34-4/h6-10,13-15,20H,11-12,16H2,1-5H3. The Morgan fingerprint density at radius 1 is 1.00 bits per heavy atom. The molecule has 1 amide bonds. The highest BCUT2D eigenvalue weighted by atomic mass is 32.1. The molecule has 186 valence electrons. The molecule has 2 aromatic heterocycles. The summed E-state index contributed by atoms with van der Waals surface area (Å²) >= 11 is 1.54. The van der Waals surface area contributed by atoms with Crippen molar-refractivity contribution in [2.24, 2.45) is 0 Å². The van der Waals surface area contributed by atoms with E-state index in [-0.39, 0.29) is 11.9 Å². The lowest BCUT2D eigenvalue weighted by Gasteiger charge is -2.24. The van der Waals surface area contributed by atoms with Gasteiger partial charge in [-0.05, 0) is 56.0 Å². The van der Waals surface area contributed by atoms with Gasteiger partial charge in [0, 0.05) is 34.5 Å². The van der Waals surface area contributed by atoms with Crippen molar-refractivity contribution in [3.63, 3.8) is 0 Å². The summed E-state index contributed by atoms with van der Waals surface area (Å²) in [6.07, 6.45) is 2.04. The summed E-state index contributed by atoms with van der Waals surface area (Å²) in [7, 11) is 4.81. The minimum atomic E-state index is 0.0747. The Labute approximate surface area is 215 Å². The molecule has 1 aliphatic carbocycles. The summed E-state index contributed by atoms with van der Waals surface area (Å²) in [5.41, 5.74) is 4.73. The quantitative estimate of drug-likeness (QED) is 0.279. The fourth-order valence-electron chi connectivity index (χ4n) is 4.65. The van der Waals surface area contributed by atoms with Crippen LogP contribution in [0.2, 0.25) is 0 Å². The monoisotopic (exact) mass is 502 g/mol. The molecule has 2 aromatic carbocycles. The Hall–Kier alpha value is -3.58. The summed E-state index contributed by atoms with van der Waals surface area (Å²) in [6.45, 7) is 4.57. The first-order valence-corrected chi connectivity index (χ1v) is 12.8. The van der Waals surface area contributed by atoms with Gasteiger partial charge in [-0.2, -0.15) is 0 Å². The third-order valence-electron chi connectivity index (χ3n) is 6.64. The maximum absolute atomic E-state index is 13.6. The molecule has 7 heteroatoms. The minimum absolute atomic E-state index is 0.0747. The molecule has 1 aliphatic rings. The number of methoxy groups -OCH3 is 3. The van der Waals surface area contributed by atoms with Gasteiger partial charge >= 0.3 is 0 Å². The summed E-state index contributed by atoms with van der Waals surface area (Å²) in [4.78, 5) is 22.6. The molecule has 2 heterocycles. The lowest BCUT2D eigenvalue weighted by molar-refractivity contribution is 0.0735. The predicted octanol–water partition coefficient (Wildman–Crippen LogP) is 6.41. The molecule has 0 bridgehead atoms. The zero-order chi connectivity index (χ0) is 25.4. The summed E-state index contributed by atoms with van der Waals surface area (Å²) < 4.78 is 17.0. The number of ether oxygens (including phenoxy) is 3. The second-order valence-corrected chi connectivity index (χ2v) is 10.4. The second-order valence-electron chi connectivity index (χ2n) is 9.10. The third kappa shape index (κ3) is 4.39. The molecule has 1 saturated carbocycles. The van der Waals surface area contributed by atoms with E-state index in [2.05, 4.69) is 25.1 Å². The van der Waals surface area contributed by atoms with Crippen LogP contribution in [-0.2, 0) is 6.54 Å². The molecule has 6 nitrogen and oxygen atoms in total. The number of nitrogens with zero attached hydrogens (tertiary/aromatic N) is 2. The molecule has 0 aliphatic heterocycles. The van der Waals surface area contributed by atoms with E-state index >= 15 is 0 Å². The van der Waals surface area contributed by atoms with Crippen LogP contribution in [0.5, 0.6) is 17.2 Å². The van der Waals surface area contributed by atoms with Gasteiger partial charge in [-0.25, -0.2) is 4.98 Å². The number of carbonyl (C=O) groups is 1. The van der Waals surface area contributed by atoms with Crippen molar-refractivity contribution in [2.45, 2.75) is 39.3 Å². The van der Waals surface area contributed by atoms with Crippen LogP contribution in [0.1, 0.15) is 38.5 Å². The van der Waals surface area contributed by atoms with E-state index in [4.69, 9.17) is 19.2 Å². The zero-order valence-corrected chi connectivity index (χ0v) is 22.1. The third-order valence-corrected chi connectivity index (χ3v) is 7.63. The molecule has 4 aromatic rings. The lowest BCUT2D eigenvalue weighted by Crippen LogP contribution is -2.32. The van der Waals surface area contributed by atoms with Crippen LogP contribution in [-0.4, -0.2) is 43.2 Å². The summed E-state index contributed by atoms with van der Waals surface area (Å²) in [5.74, 6) is 1.72. The molecular weight excluding hydrogens is 472 g/mol. The van der Waals surface area contributed by atoms with E-state index in [1.807, 2.05) is 42.2 Å². The van der Waals surface area contributed by atoms with E-state index in [1.165, 1.54) is 0 Å². The van der Waals surface area contributed by atoms with Gasteiger partial charge < -0.3 is 19.1 Å². The average molecular weight is 503 g/mol. The first-order valence-electron chi connectivity index (χ1n) is 12.0. The SMILES string of the molecule is COc1cc2nc(-c3ccccc3C)c(CN(C(=O)c3ccc(C)s3)C3CC3)cc2c(OC)c1OC. The molecule has 5 rings (SSSR count).